The van der Waals surface area contributed by atoms with Crippen molar-refractivity contribution in [1.82, 2.24) is 9.97 Å². The number of aryl methyl sites for hydroxylation is 1. The van der Waals surface area contributed by atoms with Gasteiger partial charge in [-0.05, 0) is 47.7 Å². The van der Waals surface area contributed by atoms with Gasteiger partial charge in [-0.1, -0.05) is 45.0 Å². The van der Waals surface area contributed by atoms with Crippen molar-refractivity contribution in [2.45, 2.75) is 33.1 Å². The van der Waals surface area contributed by atoms with Gasteiger partial charge in [0.1, 0.15) is 22.8 Å². The third kappa shape index (κ3) is 3.50. The monoisotopic (exact) mass is 391 g/mol. The van der Waals surface area contributed by atoms with Gasteiger partial charge in [-0.25, -0.2) is 14.4 Å². The molecule has 4 rings (SSSR count). The lowest BCUT2D eigenvalue weighted by Gasteiger charge is -2.19. The Hall–Kier alpha value is -2.79. The van der Waals surface area contributed by atoms with E-state index in [0.717, 1.165) is 37.7 Å². The number of rotatable bonds is 3. The zero-order valence-electron chi connectivity index (χ0n) is 16.4. The van der Waals surface area contributed by atoms with Crippen molar-refractivity contribution >= 4 is 33.1 Å². The summed E-state index contributed by atoms with van der Waals surface area (Å²) in [5.74, 6) is 0.520. The fourth-order valence-electron chi connectivity index (χ4n) is 3.29. The molecule has 142 valence electrons. The quantitative estimate of drug-likeness (QED) is 0.415. The molecule has 1 N–H and O–H groups in total. The van der Waals surface area contributed by atoms with Crippen LogP contribution in [0.2, 0.25) is 0 Å². The summed E-state index contributed by atoms with van der Waals surface area (Å²) in [5.41, 5.74) is 4.38. The Morgan fingerprint density at radius 1 is 0.929 bits per heavy atom. The van der Waals surface area contributed by atoms with Crippen LogP contribution in [0.3, 0.4) is 0 Å². The van der Waals surface area contributed by atoms with Gasteiger partial charge in [0, 0.05) is 16.1 Å². The van der Waals surface area contributed by atoms with E-state index in [2.05, 4.69) is 67.2 Å². The Labute approximate surface area is 168 Å². The second-order valence-corrected chi connectivity index (χ2v) is 9.10. The van der Waals surface area contributed by atoms with E-state index >= 15 is 0 Å². The van der Waals surface area contributed by atoms with Crippen LogP contribution in [0.25, 0.3) is 21.3 Å². The number of hydrogen-bond donors (Lipinski definition) is 1. The number of hydrogen-bond acceptors (Lipinski definition) is 4. The first-order valence-corrected chi connectivity index (χ1v) is 10.0. The molecule has 0 spiro atoms. The number of anilines is 2. The summed E-state index contributed by atoms with van der Waals surface area (Å²) in [6.45, 7) is 8.67. The van der Waals surface area contributed by atoms with Crippen LogP contribution in [0.1, 0.15) is 31.2 Å². The molecule has 0 fully saturated rings. The fourth-order valence-corrected chi connectivity index (χ4v) is 4.31. The largest absolute Gasteiger partial charge is 0.340 e. The van der Waals surface area contributed by atoms with E-state index in [1.165, 1.54) is 17.7 Å². The van der Waals surface area contributed by atoms with E-state index in [9.17, 15) is 4.39 Å². The summed E-state index contributed by atoms with van der Waals surface area (Å²) < 4.78 is 13.4. The average molecular weight is 392 g/mol. The maximum atomic E-state index is 13.4. The lowest BCUT2D eigenvalue weighted by molar-refractivity contribution is 0.590. The molecule has 0 aliphatic heterocycles. The number of thiophene rings is 1. The molecule has 28 heavy (non-hydrogen) atoms. The Kier molecular flexibility index (Phi) is 4.63. The number of halogens is 1. The molecule has 3 nitrogen and oxygen atoms in total. The van der Waals surface area contributed by atoms with Gasteiger partial charge in [-0.3, -0.25) is 0 Å². The molecule has 0 aliphatic carbocycles. The van der Waals surface area contributed by atoms with Crippen LogP contribution in [0.4, 0.5) is 15.9 Å². The molecule has 0 saturated heterocycles. The predicted octanol–water partition coefficient (Wildman–Crippen LogP) is 6.85. The van der Waals surface area contributed by atoms with Gasteiger partial charge >= 0.3 is 0 Å². The van der Waals surface area contributed by atoms with E-state index in [4.69, 9.17) is 0 Å². The van der Waals surface area contributed by atoms with Crippen molar-refractivity contribution in [2.75, 3.05) is 5.32 Å². The number of aromatic nitrogens is 2. The highest BCUT2D eigenvalue weighted by molar-refractivity contribution is 7.19. The first kappa shape index (κ1) is 18.6. The third-order valence-electron chi connectivity index (χ3n) is 4.81. The normalized spacial score (nSPS) is 11.8. The first-order valence-electron chi connectivity index (χ1n) is 9.20. The smallest absolute Gasteiger partial charge is 0.143 e. The van der Waals surface area contributed by atoms with Crippen LogP contribution in [0.5, 0.6) is 0 Å². The van der Waals surface area contributed by atoms with Gasteiger partial charge in [-0.2, -0.15) is 0 Å². The highest BCUT2D eigenvalue weighted by Gasteiger charge is 2.17. The number of nitrogens with one attached hydrogen (secondary N) is 1. The standard InChI is InChI=1S/C23H22FN3S/c1-14-19(15-5-9-17(24)10-6-15)20-21(25-13-26-22(20)28-14)27-18-11-7-16(8-12-18)23(2,3)4/h5-13H,1-4H3,(H,25,26,27). The van der Waals surface area contributed by atoms with Gasteiger partial charge in [0.25, 0.3) is 0 Å². The summed E-state index contributed by atoms with van der Waals surface area (Å²) in [4.78, 5) is 11.0. The van der Waals surface area contributed by atoms with Crippen molar-refractivity contribution in [1.29, 1.82) is 0 Å². The maximum Gasteiger partial charge on any atom is 0.143 e. The minimum atomic E-state index is -0.241. The molecule has 0 aliphatic rings. The second-order valence-electron chi connectivity index (χ2n) is 7.89. The van der Waals surface area contributed by atoms with Crippen LogP contribution < -0.4 is 5.32 Å². The van der Waals surface area contributed by atoms with Crippen molar-refractivity contribution in [3.63, 3.8) is 0 Å². The number of fused-ring (bicyclic) bond motifs is 1. The third-order valence-corrected chi connectivity index (χ3v) is 5.82. The summed E-state index contributed by atoms with van der Waals surface area (Å²) in [6.07, 6.45) is 1.58. The van der Waals surface area contributed by atoms with Gasteiger partial charge in [0.05, 0.1) is 5.39 Å². The summed E-state index contributed by atoms with van der Waals surface area (Å²) >= 11 is 1.62. The van der Waals surface area contributed by atoms with Crippen molar-refractivity contribution < 1.29 is 4.39 Å². The molecule has 4 aromatic rings. The maximum absolute atomic E-state index is 13.4. The molecule has 0 radical (unpaired) electrons. The average Bonchev–Trinajstić information content (AvgIpc) is 2.99. The molecule has 2 aromatic carbocycles. The highest BCUT2D eigenvalue weighted by Crippen LogP contribution is 2.41. The van der Waals surface area contributed by atoms with Crippen LogP contribution in [-0.2, 0) is 5.41 Å². The van der Waals surface area contributed by atoms with Gasteiger partial charge in [0.15, 0.2) is 0 Å². The molecule has 5 heteroatoms. The summed E-state index contributed by atoms with van der Waals surface area (Å²) in [6, 6.07) is 15.0. The lowest BCUT2D eigenvalue weighted by atomic mass is 9.87. The summed E-state index contributed by atoms with van der Waals surface area (Å²) in [7, 11) is 0. The van der Waals surface area contributed by atoms with Gasteiger partial charge in [-0.15, -0.1) is 11.3 Å². The highest BCUT2D eigenvalue weighted by atomic mass is 32.1. The molecule has 2 heterocycles. The van der Waals surface area contributed by atoms with E-state index in [1.54, 1.807) is 29.8 Å². The molecule has 0 unspecified atom stereocenters. The van der Waals surface area contributed by atoms with Crippen molar-refractivity contribution in [2.24, 2.45) is 0 Å². The van der Waals surface area contributed by atoms with Crippen molar-refractivity contribution in [3.8, 4) is 11.1 Å². The Balaban J connectivity index is 1.78. The number of benzene rings is 2. The van der Waals surface area contributed by atoms with E-state index in [-0.39, 0.29) is 11.2 Å². The van der Waals surface area contributed by atoms with Crippen molar-refractivity contribution in [3.05, 3.63) is 71.1 Å². The molecule has 0 bridgehead atoms. The zero-order valence-corrected chi connectivity index (χ0v) is 17.2. The van der Waals surface area contributed by atoms with Crippen LogP contribution in [-0.4, -0.2) is 9.97 Å². The van der Waals surface area contributed by atoms with Gasteiger partial charge < -0.3 is 5.32 Å². The molecular weight excluding hydrogens is 369 g/mol. The minimum absolute atomic E-state index is 0.112. The summed E-state index contributed by atoms with van der Waals surface area (Å²) in [5, 5.41) is 4.41. The first-order chi connectivity index (χ1) is 13.3. The Morgan fingerprint density at radius 3 is 2.25 bits per heavy atom. The minimum Gasteiger partial charge on any atom is -0.340 e. The van der Waals surface area contributed by atoms with Crippen LogP contribution >= 0.6 is 11.3 Å². The van der Waals surface area contributed by atoms with E-state index in [1.807, 2.05) is 0 Å². The second kappa shape index (κ2) is 6.99. The van der Waals surface area contributed by atoms with E-state index in [0.29, 0.717) is 0 Å². The number of nitrogens with zero attached hydrogens (tertiary/aromatic N) is 2. The Bertz CT molecular complexity index is 1120. The van der Waals surface area contributed by atoms with Crippen LogP contribution in [0.15, 0.2) is 54.9 Å². The molecule has 2 aromatic heterocycles. The topological polar surface area (TPSA) is 37.8 Å². The predicted molar refractivity (Wildman–Crippen MR) is 116 cm³/mol. The molecule has 0 amide bonds. The molecular formula is C23H22FN3S. The molecule has 0 atom stereocenters. The van der Waals surface area contributed by atoms with Crippen LogP contribution in [0, 0.1) is 12.7 Å². The SMILES string of the molecule is Cc1sc2ncnc(Nc3ccc(C(C)(C)C)cc3)c2c1-c1ccc(F)cc1. The lowest BCUT2D eigenvalue weighted by Crippen LogP contribution is -2.10. The molecule has 0 saturated carbocycles. The Morgan fingerprint density at radius 2 is 1.61 bits per heavy atom. The fraction of sp³-hybridized carbons (Fsp3) is 0.217. The van der Waals surface area contributed by atoms with Gasteiger partial charge in [0.2, 0.25) is 0 Å². The van der Waals surface area contributed by atoms with E-state index < -0.39 is 0 Å². The zero-order chi connectivity index (χ0) is 19.9.